The first-order valence-corrected chi connectivity index (χ1v) is 6.21. The third-order valence-electron chi connectivity index (χ3n) is 3.74. The van der Waals surface area contributed by atoms with Gasteiger partial charge in [-0.2, -0.15) is 0 Å². The predicted molar refractivity (Wildman–Crippen MR) is 76.1 cm³/mol. The van der Waals surface area contributed by atoms with E-state index in [-0.39, 0.29) is 29.5 Å². The Kier molecular flexibility index (Phi) is 4.93. The van der Waals surface area contributed by atoms with Gasteiger partial charge in [-0.25, -0.2) is 4.39 Å². The summed E-state index contributed by atoms with van der Waals surface area (Å²) in [6.45, 7) is 5.75. The Morgan fingerprint density at radius 2 is 2.21 bits per heavy atom. The summed E-state index contributed by atoms with van der Waals surface area (Å²) in [6.07, 6.45) is 0.926. The monoisotopic (exact) mass is 286 g/mol. The molecule has 1 aliphatic rings. The van der Waals surface area contributed by atoms with E-state index in [0.29, 0.717) is 24.2 Å². The molecule has 1 amide bonds. The highest BCUT2D eigenvalue weighted by atomic mass is 35.5. The molecule has 2 rings (SSSR count). The molecular formula is C14H20ClFN2O. The molecule has 1 aromatic carbocycles. The molecule has 1 atom stereocenters. The summed E-state index contributed by atoms with van der Waals surface area (Å²) >= 11 is 0. The second-order valence-electron chi connectivity index (χ2n) is 5.46. The quantitative estimate of drug-likeness (QED) is 0.907. The van der Waals surface area contributed by atoms with Crippen LogP contribution in [0, 0.1) is 18.2 Å². The SMILES string of the molecule is Cc1cc(C(=O)N2CCC(C)(CN)C2)ccc1F.Cl. The van der Waals surface area contributed by atoms with Crippen molar-refractivity contribution < 1.29 is 9.18 Å². The van der Waals surface area contributed by atoms with Crippen LogP contribution in [0.2, 0.25) is 0 Å². The number of carbonyl (C=O) groups is 1. The highest BCUT2D eigenvalue weighted by Gasteiger charge is 2.35. The van der Waals surface area contributed by atoms with Crippen LogP contribution in [0.4, 0.5) is 4.39 Å². The molecule has 0 radical (unpaired) electrons. The number of hydrogen-bond acceptors (Lipinski definition) is 2. The van der Waals surface area contributed by atoms with Gasteiger partial charge < -0.3 is 10.6 Å². The average Bonchev–Trinajstić information content (AvgIpc) is 2.75. The lowest BCUT2D eigenvalue weighted by Crippen LogP contribution is -2.34. The number of nitrogens with two attached hydrogens (primary N) is 1. The normalized spacial score (nSPS) is 22.2. The molecule has 2 N–H and O–H groups in total. The number of likely N-dealkylation sites (tertiary alicyclic amines) is 1. The Hall–Kier alpha value is -1.13. The maximum Gasteiger partial charge on any atom is 0.253 e. The number of rotatable bonds is 2. The molecule has 0 bridgehead atoms. The van der Waals surface area contributed by atoms with E-state index in [2.05, 4.69) is 6.92 Å². The number of nitrogens with zero attached hydrogens (tertiary/aromatic N) is 1. The van der Waals surface area contributed by atoms with Gasteiger partial charge in [0.15, 0.2) is 0 Å². The van der Waals surface area contributed by atoms with Crippen LogP contribution in [-0.4, -0.2) is 30.4 Å². The molecule has 1 unspecified atom stereocenters. The molecule has 1 heterocycles. The third-order valence-corrected chi connectivity index (χ3v) is 3.74. The fourth-order valence-electron chi connectivity index (χ4n) is 2.32. The van der Waals surface area contributed by atoms with Gasteiger partial charge in [0.05, 0.1) is 0 Å². The predicted octanol–water partition coefficient (Wildman–Crippen LogP) is 2.37. The van der Waals surface area contributed by atoms with Crippen molar-refractivity contribution in [2.75, 3.05) is 19.6 Å². The zero-order valence-electron chi connectivity index (χ0n) is 11.3. The first-order chi connectivity index (χ1) is 8.45. The molecule has 1 saturated heterocycles. The van der Waals surface area contributed by atoms with Gasteiger partial charge in [-0.1, -0.05) is 6.92 Å². The number of amides is 1. The molecule has 0 saturated carbocycles. The Morgan fingerprint density at radius 3 is 2.74 bits per heavy atom. The van der Waals surface area contributed by atoms with Crippen LogP contribution in [0.25, 0.3) is 0 Å². The molecule has 3 nitrogen and oxygen atoms in total. The van der Waals surface area contributed by atoms with Gasteiger partial charge in [0.1, 0.15) is 5.82 Å². The van der Waals surface area contributed by atoms with Gasteiger partial charge in [0.25, 0.3) is 5.91 Å². The van der Waals surface area contributed by atoms with Gasteiger partial charge in [0, 0.05) is 18.7 Å². The Labute approximate surface area is 119 Å². The van der Waals surface area contributed by atoms with E-state index in [9.17, 15) is 9.18 Å². The van der Waals surface area contributed by atoms with Crippen LogP contribution >= 0.6 is 12.4 Å². The van der Waals surface area contributed by atoms with Crippen LogP contribution < -0.4 is 5.73 Å². The van der Waals surface area contributed by atoms with Crippen LogP contribution in [-0.2, 0) is 0 Å². The Morgan fingerprint density at radius 1 is 1.53 bits per heavy atom. The molecule has 0 aliphatic carbocycles. The van der Waals surface area contributed by atoms with Crippen molar-refractivity contribution in [2.45, 2.75) is 20.3 Å². The van der Waals surface area contributed by atoms with E-state index in [1.165, 1.54) is 6.07 Å². The van der Waals surface area contributed by atoms with E-state index in [0.717, 1.165) is 13.0 Å². The fourth-order valence-corrected chi connectivity index (χ4v) is 2.32. The number of halogens is 2. The summed E-state index contributed by atoms with van der Waals surface area (Å²) in [5.74, 6) is -0.310. The minimum absolute atomic E-state index is 0. The van der Waals surface area contributed by atoms with Crippen LogP contribution in [0.3, 0.4) is 0 Å². The van der Waals surface area contributed by atoms with E-state index in [1.54, 1.807) is 24.0 Å². The Balaban J connectivity index is 0.00000180. The maximum absolute atomic E-state index is 13.2. The maximum atomic E-state index is 13.2. The molecule has 0 aromatic heterocycles. The molecule has 5 heteroatoms. The number of hydrogen-bond donors (Lipinski definition) is 1. The van der Waals surface area contributed by atoms with Crippen molar-refractivity contribution in [1.29, 1.82) is 0 Å². The molecule has 1 aromatic rings. The first-order valence-electron chi connectivity index (χ1n) is 6.21. The zero-order valence-corrected chi connectivity index (χ0v) is 12.1. The van der Waals surface area contributed by atoms with Crippen LogP contribution in [0.15, 0.2) is 18.2 Å². The topological polar surface area (TPSA) is 46.3 Å². The first kappa shape index (κ1) is 15.9. The van der Waals surface area contributed by atoms with Gasteiger partial charge in [-0.3, -0.25) is 4.79 Å². The summed E-state index contributed by atoms with van der Waals surface area (Å²) in [6, 6.07) is 4.50. The van der Waals surface area contributed by atoms with E-state index >= 15 is 0 Å². The minimum atomic E-state index is -0.278. The summed E-state index contributed by atoms with van der Waals surface area (Å²) < 4.78 is 13.2. The molecule has 19 heavy (non-hydrogen) atoms. The highest BCUT2D eigenvalue weighted by molar-refractivity contribution is 5.94. The highest BCUT2D eigenvalue weighted by Crippen LogP contribution is 2.29. The van der Waals surface area contributed by atoms with E-state index in [4.69, 9.17) is 5.73 Å². The summed E-state index contributed by atoms with van der Waals surface area (Å²) in [5.41, 5.74) is 6.80. The second-order valence-corrected chi connectivity index (χ2v) is 5.46. The largest absolute Gasteiger partial charge is 0.338 e. The van der Waals surface area contributed by atoms with Gasteiger partial charge in [0.2, 0.25) is 0 Å². The smallest absolute Gasteiger partial charge is 0.253 e. The lowest BCUT2D eigenvalue weighted by atomic mass is 9.90. The van der Waals surface area contributed by atoms with Gasteiger partial charge in [-0.05, 0) is 49.1 Å². The van der Waals surface area contributed by atoms with Crippen molar-refractivity contribution in [1.82, 2.24) is 4.90 Å². The Bertz CT molecular complexity index is 481. The zero-order chi connectivity index (χ0) is 13.3. The summed E-state index contributed by atoms with van der Waals surface area (Å²) in [4.78, 5) is 14.1. The number of benzene rings is 1. The average molecular weight is 287 g/mol. The summed E-state index contributed by atoms with van der Waals surface area (Å²) in [5, 5.41) is 0. The molecule has 106 valence electrons. The van der Waals surface area contributed by atoms with E-state index < -0.39 is 0 Å². The van der Waals surface area contributed by atoms with Gasteiger partial charge >= 0.3 is 0 Å². The third kappa shape index (κ3) is 3.25. The lowest BCUT2D eigenvalue weighted by molar-refractivity contribution is 0.0776. The van der Waals surface area contributed by atoms with Crippen molar-refractivity contribution in [2.24, 2.45) is 11.1 Å². The van der Waals surface area contributed by atoms with E-state index in [1.807, 2.05) is 0 Å². The molecule has 1 aliphatic heterocycles. The van der Waals surface area contributed by atoms with Crippen molar-refractivity contribution in [3.8, 4) is 0 Å². The standard InChI is InChI=1S/C14H19FN2O.ClH/c1-10-7-11(3-4-12(10)15)13(18)17-6-5-14(2,8-16)9-17;/h3-4,7H,5-6,8-9,16H2,1-2H3;1H. The fraction of sp³-hybridized carbons (Fsp3) is 0.500. The lowest BCUT2D eigenvalue weighted by Gasteiger charge is -2.22. The second kappa shape index (κ2) is 5.88. The van der Waals surface area contributed by atoms with Crippen molar-refractivity contribution in [3.63, 3.8) is 0 Å². The molecule has 1 fully saturated rings. The molecule has 0 spiro atoms. The van der Waals surface area contributed by atoms with Crippen molar-refractivity contribution in [3.05, 3.63) is 35.1 Å². The van der Waals surface area contributed by atoms with Crippen molar-refractivity contribution >= 4 is 18.3 Å². The number of carbonyl (C=O) groups excluding carboxylic acids is 1. The van der Waals surface area contributed by atoms with Crippen LogP contribution in [0.1, 0.15) is 29.3 Å². The molecular weight excluding hydrogens is 267 g/mol. The number of aryl methyl sites for hydroxylation is 1. The minimum Gasteiger partial charge on any atom is -0.338 e. The summed E-state index contributed by atoms with van der Waals surface area (Å²) in [7, 11) is 0. The van der Waals surface area contributed by atoms with Crippen LogP contribution in [0.5, 0.6) is 0 Å². The van der Waals surface area contributed by atoms with Gasteiger partial charge in [-0.15, -0.1) is 12.4 Å².